The van der Waals surface area contributed by atoms with E-state index in [0.29, 0.717) is 5.56 Å². The molecular weight excluding hydrogens is 374 g/mol. The van der Waals surface area contributed by atoms with Crippen molar-refractivity contribution in [2.24, 2.45) is 0 Å². The lowest BCUT2D eigenvalue weighted by Crippen LogP contribution is -1.97. The lowest BCUT2D eigenvalue weighted by atomic mass is 10.0. The van der Waals surface area contributed by atoms with Crippen molar-refractivity contribution in [2.75, 3.05) is 0 Å². The van der Waals surface area contributed by atoms with Crippen LogP contribution in [-0.4, -0.2) is 14.5 Å². The third-order valence-corrected chi connectivity index (χ3v) is 5.11. The average molecular weight is 391 g/mol. The SMILES string of the molecule is O=[N+]([O-])c1ccccc1-c1ccc2nc(-c3ccccc3)n(-c3ccccc3)c2c1. The van der Waals surface area contributed by atoms with E-state index in [1.54, 1.807) is 12.1 Å². The van der Waals surface area contributed by atoms with Gasteiger partial charge in [-0.2, -0.15) is 0 Å². The summed E-state index contributed by atoms with van der Waals surface area (Å²) in [7, 11) is 0. The third kappa shape index (κ3) is 3.02. The molecule has 4 aromatic carbocycles. The van der Waals surface area contributed by atoms with Crippen molar-refractivity contribution in [1.82, 2.24) is 9.55 Å². The molecule has 0 saturated heterocycles. The van der Waals surface area contributed by atoms with E-state index in [1.807, 2.05) is 84.9 Å². The zero-order valence-corrected chi connectivity index (χ0v) is 16.0. The maximum atomic E-state index is 11.5. The first-order valence-electron chi connectivity index (χ1n) is 9.59. The molecule has 0 aliphatic rings. The highest BCUT2D eigenvalue weighted by molar-refractivity contribution is 5.89. The van der Waals surface area contributed by atoms with Gasteiger partial charge in [0, 0.05) is 17.3 Å². The molecule has 1 heterocycles. The quantitative estimate of drug-likeness (QED) is 0.268. The fourth-order valence-electron chi connectivity index (χ4n) is 3.74. The Morgan fingerprint density at radius 1 is 0.733 bits per heavy atom. The first-order chi connectivity index (χ1) is 14.7. The average Bonchev–Trinajstić information content (AvgIpc) is 3.19. The molecule has 0 amide bonds. The standard InChI is InChI=1S/C25H17N3O2/c29-28(30)23-14-8-7-13-21(23)19-15-16-22-24(17-19)27(20-11-5-2-6-12-20)25(26-22)18-9-3-1-4-10-18/h1-17H. The maximum Gasteiger partial charge on any atom is 0.277 e. The van der Waals surface area contributed by atoms with Crippen LogP contribution in [0.3, 0.4) is 0 Å². The van der Waals surface area contributed by atoms with E-state index in [-0.39, 0.29) is 10.6 Å². The van der Waals surface area contributed by atoms with Gasteiger partial charge >= 0.3 is 0 Å². The van der Waals surface area contributed by atoms with E-state index in [1.165, 1.54) is 6.07 Å². The normalized spacial score (nSPS) is 10.9. The summed E-state index contributed by atoms with van der Waals surface area (Å²) in [6, 6.07) is 32.6. The van der Waals surface area contributed by atoms with Gasteiger partial charge in [0.15, 0.2) is 0 Å². The van der Waals surface area contributed by atoms with Gasteiger partial charge in [0.1, 0.15) is 5.82 Å². The monoisotopic (exact) mass is 391 g/mol. The topological polar surface area (TPSA) is 61.0 Å². The Hall–Kier alpha value is -4.25. The second kappa shape index (κ2) is 7.29. The Bertz CT molecular complexity index is 1360. The molecule has 0 unspecified atom stereocenters. The molecule has 30 heavy (non-hydrogen) atoms. The van der Waals surface area contributed by atoms with Gasteiger partial charge in [-0.25, -0.2) is 4.98 Å². The van der Waals surface area contributed by atoms with Crippen LogP contribution in [0.1, 0.15) is 0 Å². The van der Waals surface area contributed by atoms with Crippen molar-refractivity contribution in [2.45, 2.75) is 0 Å². The molecule has 0 spiro atoms. The molecule has 0 N–H and O–H groups in total. The van der Waals surface area contributed by atoms with E-state index in [9.17, 15) is 10.1 Å². The second-order valence-electron chi connectivity index (χ2n) is 6.95. The molecule has 1 aromatic heterocycles. The summed E-state index contributed by atoms with van der Waals surface area (Å²) in [5.41, 5.74) is 5.18. The fraction of sp³-hybridized carbons (Fsp3) is 0. The minimum absolute atomic E-state index is 0.0888. The number of hydrogen-bond acceptors (Lipinski definition) is 3. The van der Waals surface area contributed by atoms with Crippen molar-refractivity contribution >= 4 is 16.7 Å². The largest absolute Gasteiger partial charge is 0.292 e. The van der Waals surface area contributed by atoms with Gasteiger partial charge in [-0.15, -0.1) is 0 Å². The van der Waals surface area contributed by atoms with Crippen LogP contribution in [-0.2, 0) is 0 Å². The van der Waals surface area contributed by atoms with Crippen LogP contribution in [0.4, 0.5) is 5.69 Å². The van der Waals surface area contributed by atoms with E-state index in [2.05, 4.69) is 4.57 Å². The van der Waals surface area contributed by atoms with Gasteiger partial charge in [-0.05, 0) is 35.9 Å². The molecule has 0 saturated carbocycles. The van der Waals surface area contributed by atoms with Crippen LogP contribution in [0.15, 0.2) is 103 Å². The Morgan fingerprint density at radius 3 is 2.13 bits per heavy atom. The number of fused-ring (bicyclic) bond motifs is 1. The van der Waals surface area contributed by atoms with Crippen molar-refractivity contribution in [3.63, 3.8) is 0 Å². The molecule has 0 radical (unpaired) electrons. The van der Waals surface area contributed by atoms with Crippen molar-refractivity contribution in [3.8, 4) is 28.2 Å². The summed E-state index contributed by atoms with van der Waals surface area (Å²) in [5.74, 6) is 0.830. The minimum atomic E-state index is -0.344. The van der Waals surface area contributed by atoms with Crippen molar-refractivity contribution in [3.05, 3.63) is 113 Å². The molecule has 0 atom stereocenters. The summed E-state index contributed by atoms with van der Waals surface area (Å²) in [4.78, 5) is 16.1. The number of para-hydroxylation sites is 2. The van der Waals surface area contributed by atoms with Crippen molar-refractivity contribution in [1.29, 1.82) is 0 Å². The van der Waals surface area contributed by atoms with Crippen LogP contribution in [0.2, 0.25) is 0 Å². The molecule has 144 valence electrons. The van der Waals surface area contributed by atoms with E-state index in [4.69, 9.17) is 4.98 Å². The summed E-state index contributed by atoms with van der Waals surface area (Å²) < 4.78 is 2.10. The van der Waals surface area contributed by atoms with E-state index >= 15 is 0 Å². The lowest BCUT2D eigenvalue weighted by molar-refractivity contribution is -0.384. The van der Waals surface area contributed by atoms with Gasteiger partial charge in [-0.1, -0.05) is 66.7 Å². The number of rotatable bonds is 4. The predicted octanol–water partition coefficient (Wildman–Crippen LogP) is 6.27. The summed E-state index contributed by atoms with van der Waals surface area (Å²) >= 11 is 0. The number of imidazole rings is 1. The zero-order valence-electron chi connectivity index (χ0n) is 16.0. The Morgan fingerprint density at radius 2 is 1.40 bits per heavy atom. The molecule has 0 aliphatic heterocycles. The van der Waals surface area contributed by atoms with Crippen LogP contribution in [0.5, 0.6) is 0 Å². The molecular formula is C25H17N3O2. The van der Waals surface area contributed by atoms with E-state index < -0.39 is 0 Å². The number of nitro groups is 1. The lowest BCUT2D eigenvalue weighted by Gasteiger charge is -2.10. The fourth-order valence-corrected chi connectivity index (χ4v) is 3.74. The molecule has 0 fully saturated rings. The predicted molar refractivity (Wildman–Crippen MR) is 119 cm³/mol. The highest BCUT2D eigenvalue weighted by atomic mass is 16.6. The summed E-state index contributed by atoms with van der Waals surface area (Å²) in [5, 5.41) is 11.5. The number of benzene rings is 4. The summed E-state index contributed by atoms with van der Waals surface area (Å²) in [6.45, 7) is 0. The zero-order chi connectivity index (χ0) is 20.5. The van der Waals surface area contributed by atoms with Crippen molar-refractivity contribution < 1.29 is 4.92 Å². The third-order valence-electron chi connectivity index (χ3n) is 5.11. The molecule has 5 nitrogen and oxygen atoms in total. The first kappa shape index (κ1) is 17.8. The highest BCUT2D eigenvalue weighted by Gasteiger charge is 2.18. The van der Waals surface area contributed by atoms with Gasteiger partial charge < -0.3 is 0 Å². The molecule has 5 aromatic rings. The highest BCUT2D eigenvalue weighted by Crippen LogP contribution is 2.34. The number of aromatic nitrogens is 2. The summed E-state index contributed by atoms with van der Waals surface area (Å²) in [6.07, 6.45) is 0. The molecule has 0 bridgehead atoms. The Labute approximate surface area is 173 Å². The van der Waals surface area contributed by atoms with Crippen LogP contribution in [0, 0.1) is 10.1 Å². The van der Waals surface area contributed by atoms with Crippen LogP contribution in [0.25, 0.3) is 39.2 Å². The van der Waals surface area contributed by atoms with Crippen LogP contribution >= 0.6 is 0 Å². The molecule has 5 rings (SSSR count). The Kier molecular flexibility index (Phi) is 4.33. The van der Waals surface area contributed by atoms with E-state index in [0.717, 1.165) is 33.7 Å². The molecule has 5 heteroatoms. The number of nitrogens with zero attached hydrogens (tertiary/aromatic N) is 3. The van der Waals surface area contributed by atoms with Crippen LogP contribution < -0.4 is 0 Å². The van der Waals surface area contributed by atoms with Gasteiger partial charge in [-0.3, -0.25) is 14.7 Å². The maximum absolute atomic E-state index is 11.5. The Balaban J connectivity index is 1.80. The van der Waals surface area contributed by atoms with Gasteiger partial charge in [0.25, 0.3) is 5.69 Å². The molecule has 0 aliphatic carbocycles. The van der Waals surface area contributed by atoms with Gasteiger partial charge in [0.05, 0.1) is 21.5 Å². The second-order valence-corrected chi connectivity index (χ2v) is 6.95. The van der Waals surface area contributed by atoms with Gasteiger partial charge in [0.2, 0.25) is 0 Å². The smallest absolute Gasteiger partial charge is 0.277 e. The number of hydrogen-bond donors (Lipinski definition) is 0. The minimum Gasteiger partial charge on any atom is -0.292 e. The first-order valence-corrected chi connectivity index (χ1v) is 9.59. The number of nitro benzene ring substituents is 1.